The molecule has 2 rings (SSSR count). The van der Waals surface area contributed by atoms with Gasteiger partial charge < -0.3 is 10.1 Å². The zero-order valence-electron chi connectivity index (χ0n) is 9.84. The fourth-order valence-electron chi connectivity index (χ4n) is 1.49. The Balaban J connectivity index is 2.36. The summed E-state index contributed by atoms with van der Waals surface area (Å²) in [4.78, 5) is 30.4. The zero-order valence-corrected chi connectivity index (χ0v) is 11.5. The molecular formula is C11H12N2O3S2. The van der Waals surface area contributed by atoms with E-state index in [-0.39, 0.29) is 11.5 Å². The molecule has 0 aliphatic heterocycles. The summed E-state index contributed by atoms with van der Waals surface area (Å²) in [5.74, 6) is -0.944. The summed E-state index contributed by atoms with van der Waals surface area (Å²) in [6.45, 7) is 3.65. The Morgan fingerprint density at radius 1 is 1.56 bits per heavy atom. The average Bonchev–Trinajstić information content (AvgIpc) is 2.73. The molecule has 0 bridgehead atoms. The Labute approximate surface area is 111 Å². The normalized spacial score (nSPS) is 13.1. The molecule has 2 aromatic heterocycles. The molecule has 0 saturated heterocycles. The van der Waals surface area contributed by atoms with Gasteiger partial charge in [0.15, 0.2) is 5.16 Å². The van der Waals surface area contributed by atoms with Crippen molar-refractivity contribution in [3.05, 3.63) is 21.8 Å². The topological polar surface area (TPSA) is 83.0 Å². The number of rotatable bonds is 4. The number of aromatic amines is 1. The largest absolute Gasteiger partial charge is 0.480 e. The highest BCUT2D eigenvalue weighted by molar-refractivity contribution is 8.00. The maximum atomic E-state index is 11.7. The second-order valence-corrected chi connectivity index (χ2v) is 6.16. The summed E-state index contributed by atoms with van der Waals surface area (Å²) in [7, 11) is 0. The molecule has 0 spiro atoms. The van der Waals surface area contributed by atoms with Gasteiger partial charge in [-0.2, -0.15) is 0 Å². The molecule has 7 heteroatoms. The number of thiophene rings is 1. The Bertz CT molecular complexity index is 632. The number of aromatic nitrogens is 2. The first-order chi connectivity index (χ1) is 8.49. The first-order valence-corrected chi connectivity index (χ1v) is 7.12. The molecular weight excluding hydrogens is 272 g/mol. The summed E-state index contributed by atoms with van der Waals surface area (Å²) >= 11 is 2.45. The second kappa shape index (κ2) is 5.11. The SMILES string of the molecule is CC(C)C(Sc1nc2sccc2c(=O)[nH]1)C(=O)O. The minimum Gasteiger partial charge on any atom is -0.480 e. The van der Waals surface area contributed by atoms with Crippen molar-refractivity contribution in [2.75, 3.05) is 0 Å². The van der Waals surface area contributed by atoms with Crippen LogP contribution < -0.4 is 5.56 Å². The molecule has 18 heavy (non-hydrogen) atoms. The van der Waals surface area contributed by atoms with Gasteiger partial charge in [0.05, 0.1) is 5.39 Å². The predicted octanol–water partition coefficient (Wildman–Crippen LogP) is 2.19. The van der Waals surface area contributed by atoms with Crippen LogP contribution in [0.3, 0.4) is 0 Å². The Kier molecular flexibility index (Phi) is 3.72. The van der Waals surface area contributed by atoms with Crippen LogP contribution in [0.5, 0.6) is 0 Å². The van der Waals surface area contributed by atoms with Crippen molar-refractivity contribution in [3.63, 3.8) is 0 Å². The van der Waals surface area contributed by atoms with E-state index in [1.54, 1.807) is 11.4 Å². The maximum Gasteiger partial charge on any atom is 0.317 e. The first kappa shape index (κ1) is 13.1. The average molecular weight is 284 g/mol. The highest BCUT2D eigenvalue weighted by Crippen LogP contribution is 2.26. The third-order valence-electron chi connectivity index (χ3n) is 2.40. The highest BCUT2D eigenvalue weighted by Gasteiger charge is 2.24. The molecule has 2 aromatic rings. The Morgan fingerprint density at radius 2 is 2.28 bits per heavy atom. The van der Waals surface area contributed by atoms with Crippen LogP contribution in [0.1, 0.15) is 13.8 Å². The number of nitrogens with zero attached hydrogens (tertiary/aromatic N) is 1. The Morgan fingerprint density at radius 3 is 2.89 bits per heavy atom. The molecule has 1 unspecified atom stereocenters. The third kappa shape index (κ3) is 2.56. The maximum absolute atomic E-state index is 11.7. The number of hydrogen-bond acceptors (Lipinski definition) is 5. The van der Waals surface area contributed by atoms with E-state index in [1.807, 2.05) is 13.8 Å². The second-order valence-electron chi connectivity index (χ2n) is 4.13. The standard InChI is InChI=1S/C11H12N2O3S2/c1-5(2)7(10(15)16)18-11-12-8(14)6-3-4-17-9(6)13-11/h3-5,7H,1-2H3,(H,15,16)(H,12,13,14). The van der Waals surface area contributed by atoms with Crippen LogP contribution in [0.15, 0.2) is 21.4 Å². The molecule has 0 aliphatic rings. The van der Waals surface area contributed by atoms with E-state index in [2.05, 4.69) is 9.97 Å². The van der Waals surface area contributed by atoms with Crippen molar-refractivity contribution in [3.8, 4) is 0 Å². The van der Waals surface area contributed by atoms with Gasteiger partial charge in [-0.15, -0.1) is 11.3 Å². The number of hydrogen-bond donors (Lipinski definition) is 2. The Hall–Kier alpha value is -1.34. The van der Waals surface area contributed by atoms with Crippen LogP contribution >= 0.6 is 23.1 Å². The molecule has 96 valence electrons. The molecule has 2 N–H and O–H groups in total. The highest BCUT2D eigenvalue weighted by atomic mass is 32.2. The van der Waals surface area contributed by atoms with Gasteiger partial charge in [-0.3, -0.25) is 9.59 Å². The minimum absolute atomic E-state index is 0.0446. The van der Waals surface area contributed by atoms with Gasteiger partial charge in [0, 0.05) is 0 Å². The molecule has 0 amide bonds. The molecule has 0 radical (unpaired) electrons. The van der Waals surface area contributed by atoms with Crippen molar-refractivity contribution in [2.24, 2.45) is 5.92 Å². The van der Waals surface area contributed by atoms with E-state index in [4.69, 9.17) is 5.11 Å². The van der Waals surface area contributed by atoms with Crippen molar-refractivity contribution >= 4 is 39.3 Å². The van der Waals surface area contributed by atoms with Crippen LogP contribution in [-0.4, -0.2) is 26.3 Å². The molecule has 0 aromatic carbocycles. The number of H-pyrrole nitrogens is 1. The lowest BCUT2D eigenvalue weighted by Gasteiger charge is -2.14. The van der Waals surface area contributed by atoms with Gasteiger partial charge in [-0.25, -0.2) is 4.98 Å². The number of carboxylic acid groups (broad SMARTS) is 1. The van der Waals surface area contributed by atoms with Crippen LogP contribution in [-0.2, 0) is 4.79 Å². The number of thioether (sulfide) groups is 1. The molecule has 2 heterocycles. The van der Waals surface area contributed by atoms with Crippen LogP contribution in [0.4, 0.5) is 0 Å². The molecule has 0 fully saturated rings. The summed E-state index contributed by atoms with van der Waals surface area (Å²) in [5, 5.41) is 11.2. The van der Waals surface area contributed by atoms with E-state index in [0.29, 0.717) is 15.4 Å². The van der Waals surface area contributed by atoms with E-state index in [9.17, 15) is 9.59 Å². The number of aliphatic carboxylic acids is 1. The van der Waals surface area contributed by atoms with Crippen LogP contribution in [0.25, 0.3) is 10.2 Å². The van der Waals surface area contributed by atoms with E-state index in [0.717, 1.165) is 11.8 Å². The summed E-state index contributed by atoms with van der Waals surface area (Å²) < 4.78 is 0. The van der Waals surface area contributed by atoms with Gasteiger partial charge >= 0.3 is 5.97 Å². The fraction of sp³-hybridized carbons (Fsp3) is 0.364. The van der Waals surface area contributed by atoms with Crippen molar-refractivity contribution in [1.29, 1.82) is 0 Å². The fourth-order valence-corrected chi connectivity index (χ4v) is 3.22. The summed E-state index contributed by atoms with van der Waals surface area (Å²) in [6, 6.07) is 1.71. The lowest BCUT2D eigenvalue weighted by molar-refractivity contribution is -0.137. The number of nitrogens with one attached hydrogen (secondary N) is 1. The third-order valence-corrected chi connectivity index (χ3v) is 4.62. The van der Waals surface area contributed by atoms with Crippen molar-refractivity contribution in [2.45, 2.75) is 24.3 Å². The monoisotopic (exact) mass is 284 g/mol. The van der Waals surface area contributed by atoms with E-state index >= 15 is 0 Å². The first-order valence-electron chi connectivity index (χ1n) is 5.36. The van der Waals surface area contributed by atoms with Gasteiger partial charge in [-0.05, 0) is 17.4 Å². The molecule has 0 saturated carbocycles. The summed E-state index contributed by atoms with van der Waals surface area (Å²) in [5.41, 5.74) is -0.225. The molecule has 1 atom stereocenters. The van der Waals surface area contributed by atoms with Crippen LogP contribution in [0, 0.1) is 5.92 Å². The quantitative estimate of drug-likeness (QED) is 0.664. The van der Waals surface area contributed by atoms with Crippen molar-refractivity contribution < 1.29 is 9.90 Å². The molecule has 0 aliphatic carbocycles. The number of carbonyl (C=O) groups is 1. The van der Waals surface area contributed by atoms with Crippen LogP contribution in [0.2, 0.25) is 0 Å². The van der Waals surface area contributed by atoms with E-state index in [1.165, 1.54) is 11.3 Å². The lowest BCUT2D eigenvalue weighted by atomic mass is 10.1. The van der Waals surface area contributed by atoms with Gasteiger partial charge in [0.25, 0.3) is 5.56 Å². The summed E-state index contributed by atoms with van der Waals surface area (Å²) in [6.07, 6.45) is 0. The van der Waals surface area contributed by atoms with Crippen molar-refractivity contribution in [1.82, 2.24) is 9.97 Å². The van der Waals surface area contributed by atoms with Gasteiger partial charge in [0.1, 0.15) is 10.1 Å². The zero-order chi connectivity index (χ0) is 13.3. The van der Waals surface area contributed by atoms with Gasteiger partial charge in [0.2, 0.25) is 0 Å². The minimum atomic E-state index is -0.899. The number of fused-ring (bicyclic) bond motifs is 1. The predicted molar refractivity (Wildman–Crippen MR) is 72.4 cm³/mol. The van der Waals surface area contributed by atoms with E-state index < -0.39 is 11.2 Å². The van der Waals surface area contributed by atoms with Gasteiger partial charge in [-0.1, -0.05) is 25.6 Å². The molecule has 5 nitrogen and oxygen atoms in total. The lowest BCUT2D eigenvalue weighted by Crippen LogP contribution is -2.23. The number of carboxylic acids is 1. The smallest absolute Gasteiger partial charge is 0.317 e.